The summed E-state index contributed by atoms with van der Waals surface area (Å²) in [6, 6.07) is 0. The Hall–Kier alpha value is -1.67. The monoisotopic (exact) mass is 401 g/mol. The fraction of sp³-hybridized carbons (Fsp3) is 0.333. The van der Waals surface area contributed by atoms with Gasteiger partial charge in [0.15, 0.2) is 23.3 Å². The molecule has 25 heavy (non-hydrogen) atoms. The van der Waals surface area contributed by atoms with Crippen LogP contribution < -0.4 is 0 Å². The number of halogens is 7. The molecule has 1 fully saturated rings. The van der Waals surface area contributed by atoms with Gasteiger partial charge in [-0.2, -0.15) is 0 Å². The van der Waals surface area contributed by atoms with E-state index in [4.69, 9.17) is 23.2 Å². The molecule has 2 atom stereocenters. The van der Waals surface area contributed by atoms with Crippen LogP contribution in [0.5, 0.6) is 0 Å². The van der Waals surface area contributed by atoms with Gasteiger partial charge in [-0.05, 0) is 17.4 Å². The fourth-order valence-electron chi connectivity index (χ4n) is 2.50. The standard InChI is InChI=1S/C15H10Cl2F5NO2/c1-15(2)6(3-7(16)17)8(15)14(24)25-23-4-5-9(18)11(20)13(22)12(21)10(5)19/h3-4,6,8H,1-2H3/b23-4-/t6-,8-/m1/s1. The zero-order valence-electron chi connectivity index (χ0n) is 12.7. The molecule has 0 unspecified atom stereocenters. The maximum Gasteiger partial charge on any atom is 0.339 e. The maximum atomic E-state index is 13.4. The molecule has 10 heteroatoms. The Labute approximate surface area is 149 Å². The van der Waals surface area contributed by atoms with Crippen LogP contribution in [-0.4, -0.2) is 12.2 Å². The summed E-state index contributed by atoms with van der Waals surface area (Å²) in [5, 5.41) is 3.02. The van der Waals surface area contributed by atoms with Crippen LogP contribution in [0.1, 0.15) is 19.4 Å². The number of benzene rings is 1. The maximum absolute atomic E-state index is 13.4. The van der Waals surface area contributed by atoms with Gasteiger partial charge in [-0.1, -0.05) is 42.2 Å². The van der Waals surface area contributed by atoms with E-state index in [1.165, 1.54) is 6.08 Å². The Bertz CT molecular complexity index is 762. The van der Waals surface area contributed by atoms with Crippen LogP contribution in [0, 0.1) is 46.3 Å². The molecule has 1 aromatic rings. The molecule has 0 heterocycles. The summed E-state index contributed by atoms with van der Waals surface area (Å²) in [5.41, 5.74) is -1.86. The van der Waals surface area contributed by atoms with E-state index in [1.807, 2.05) is 0 Å². The summed E-state index contributed by atoms with van der Waals surface area (Å²) >= 11 is 11.1. The predicted octanol–water partition coefficient (Wildman–Crippen LogP) is 4.85. The zero-order chi connectivity index (χ0) is 19.1. The first kappa shape index (κ1) is 19.7. The van der Waals surface area contributed by atoms with E-state index < -0.39 is 52.0 Å². The first-order valence-corrected chi connectivity index (χ1v) is 7.54. The second-order valence-corrected chi connectivity index (χ2v) is 6.92. The Balaban J connectivity index is 2.15. The van der Waals surface area contributed by atoms with E-state index in [0.29, 0.717) is 0 Å². The van der Waals surface area contributed by atoms with Gasteiger partial charge in [-0.15, -0.1) is 0 Å². The number of hydrogen-bond donors (Lipinski definition) is 0. The highest BCUT2D eigenvalue weighted by molar-refractivity contribution is 6.55. The van der Waals surface area contributed by atoms with Crippen LogP contribution in [0.4, 0.5) is 22.0 Å². The van der Waals surface area contributed by atoms with Gasteiger partial charge in [0, 0.05) is 0 Å². The van der Waals surface area contributed by atoms with Crippen molar-refractivity contribution in [3.8, 4) is 0 Å². The van der Waals surface area contributed by atoms with Gasteiger partial charge in [-0.3, -0.25) is 0 Å². The van der Waals surface area contributed by atoms with Crippen molar-refractivity contribution >= 4 is 35.4 Å². The molecule has 3 nitrogen and oxygen atoms in total. The number of carbonyl (C=O) groups excluding carboxylic acids is 1. The largest absolute Gasteiger partial charge is 0.339 e. The molecule has 0 saturated heterocycles. The molecule has 0 aromatic heterocycles. The normalized spacial score (nSPS) is 21.3. The molecule has 2 rings (SSSR count). The van der Waals surface area contributed by atoms with Gasteiger partial charge in [0.2, 0.25) is 5.82 Å². The minimum Gasteiger partial charge on any atom is -0.318 e. The van der Waals surface area contributed by atoms with E-state index in [-0.39, 0.29) is 16.6 Å². The van der Waals surface area contributed by atoms with Gasteiger partial charge in [0.05, 0.1) is 17.7 Å². The first-order chi connectivity index (χ1) is 11.5. The molecule has 0 bridgehead atoms. The number of carbonyl (C=O) groups is 1. The topological polar surface area (TPSA) is 38.7 Å². The molecule has 0 N–H and O–H groups in total. The van der Waals surface area contributed by atoms with Crippen molar-refractivity contribution in [2.24, 2.45) is 22.4 Å². The minimum atomic E-state index is -2.29. The van der Waals surface area contributed by atoms with Crippen LogP contribution in [0.3, 0.4) is 0 Å². The van der Waals surface area contributed by atoms with Crippen molar-refractivity contribution in [2.45, 2.75) is 13.8 Å². The van der Waals surface area contributed by atoms with E-state index in [0.717, 1.165) is 0 Å². The quantitative estimate of drug-likeness (QED) is 0.180. The van der Waals surface area contributed by atoms with E-state index in [9.17, 15) is 26.7 Å². The number of rotatable bonds is 4. The third-order valence-electron chi connectivity index (χ3n) is 4.04. The van der Waals surface area contributed by atoms with Gasteiger partial charge in [0.1, 0.15) is 4.49 Å². The molecule has 0 radical (unpaired) electrons. The molecule has 1 aliphatic rings. The SMILES string of the molecule is CC1(C)[C@H](C=C(Cl)Cl)[C@@H]1C(=O)O/N=C\c1c(F)c(F)c(F)c(F)c1F. The summed E-state index contributed by atoms with van der Waals surface area (Å²) in [7, 11) is 0. The summed E-state index contributed by atoms with van der Waals surface area (Å²) in [6.45, 7) is 3.45. The minimum absolute atomic E-state index is 0.0433. The van der Waals surface area contributed by atoms with Crippen molar-refractivity contribution in [1.29, 1.82) is 0 Å². The summed E-state index contributed by atoms with van der Waals surface area (Å²) in [4.78, 5) is 16.4. The molecular weight excluding hydrogens is 392 g/mol. The number of nitrogens with zero attached hydrogens (tertiary/aromatic N) is 1. The molecule has 1 aromatic carbocycles. The van der Waals surface area contributed by atoms with Gasteiger partial charge < -0.3 is 4.84 Å². The van der Waals surface area contributed by atoms with Crippen molar-refractivity contribution in [3.05, 3.63) is 45.2 Å². The highest BCUT2D eigenvalue weighted by Gasteiger charge is 2.62. The third-order valence-corrected chi connectivity index (χ3v) is 4.29. The molecule has 0 amide bonds. The lowest BCUT2D eigenvalue weighted by Gasteiger charge is -2.03. The first-order valence-electron chi connectivity index (χ1n) is 6.78. The molecule has 1 saturated carbocycles. The molecular formula is C15H10Cl2F5NO2. The second kappa shape index (κ2) is 6.92. The Morgan fingerprint density at radius 1 is 1.04 bits per heavy atom. The Morgan fingerprint density at radius 2 is 1.52 bits per heavy atom. The Kier molecular flexibility index (Phi) is 5.44. The molecule has 0 spiro atoms. The van der Waals surface area contributed by atoms with Gasteiger partial charge >= 0.3 is 5.97 Å². The van der Waals surface area contributed by atoms with Crippen LogP contribution in [-0.2, 0) is 9.63 Å². The van der Waals surface area contributed by atoms with Crippen molar-refractivity contribution < 1.29 is 31.6 Å². The zero-order valence-corrected chi connectivity index (χ0v) is 14.2. The third kappa shape index (κ3) is 3.64. The lowest BCUT2D eigenvalue weighted by atomic mass is 10.1. The number of allylic oxidation sites excluding steroid dienone is 1. The smallest absolute Gasteiger partial charge is 0.318 e. The van der Waals surface area contributed by atoms with E-state index in [2.05, 4.69) is 9.99 Å². The summed E-state index contributed by atoms with van der Waals surface area (Å²) < 4.78 is 65.8. The highest BCUT2D eigenvalue weighted by Crippen LogP contribution is 2.60. The number of oxime groups is 1. The van der Waals surface area contributed by atoms with Crippen LogP contribution in [0.25, 0.3) is 0 Å². The average molecular weight is 402 g/mol. The lowest BCUT2D eigenvalue weighted by molar-refractivity contribution is -0.146. The van der Waals surface area contributed by atoms with Gasteiger partial charge in [-0.25, -0.2) is 26.7 Å². The van der Waals surface area contributed by atoms with Crippen LogP contribution in [0.2, 0.25) is 0 Å². The highest BCUT2D eigenvalue weighted by atomic mass is 35.5. The summed E-state index contributed by atoms with van der Waals surface area (Å²) in [5.74, 6) is -12.6. The lowest BCUT2D eigenvalue weighted by Crippen LogP contribution is -2.09. The molecule has 1 aliphatic carbocycles. The van der Waals surface area contributed by atoms with E-state index in [1.54, 1.807) is 13.8 Å². The van der Waals surface area contributed by atoms with Crippen LogP contribution in [0.15, 0.2) is 15.7 Å². The summed E-state index contributed by atoms with van der Waals surface area (Å²) in [6.07, 6.45) is 1.67. The van der Waals surface area contributed by atoms with Crippen LogP contribution >= 0.6 is 23.2 Å². The van der Waals surface area contributed by atoms with Gasteiger partial charge in [0.25, 0.3) is 0 Å². The van der Waals surface area contributed by atoms with Crippen molar-refractivity contribution in [3.63, 3.8) is 0 Å². The fourth-order valence-corrected chi connectivity index (χ4v) is 2.77. The predicted molar refractivity (Wildman–Crippen MR) is 80.5 cm³/mol. The number of hydrogen-bond acceptors (Lipinski definition) is 3. The average Bonchev–Trinajstić information content (AvgIpc) is 3.06. The molecule has 136 valence electrons. The van der Waals surface area contributed by atoms with Crippen molar-refractivity contribution in [2.75, 3.05) is 0 Å². The molecule has 0 aliphatic heterocycles. The Morgan fingerprint density at radius 3 is 2.00 bits per heavy atom. The second-order valence-electron chi connectivity index (χ2n) is 5.91. The van der Waals surface area contributed by atoms with E-state index >= 15 is 0 Å². The van der Waals surface area contributed by atoms with Crippen molar-refractivity contribution in [1.82, 2.24) is 0 Å².